The summed E-state index contributed by atoms with van der Waals surface area (Å²) in [6.45, 7) is 1.35. The Labute approximate surface area is 120 Å². The molecule has 5 nitrogen and oxygen atoms in total. The summed E-state index contributed by atoms with van der Waals surface area (Å²) in [7, 11) is 0. The molecule has 1 aromatic carbocycles. The van der Waals surface area contributed by atoms with Gasteiger partial charge in [-0.15, -0.1) is 0 Å². The molecule has 1 heterocycles. The van der Waals surface area contributed by atoms with Crippen LogP contribution >= 0.6 is 0 Å². The number of nitriles is 1. The molecule has 0 aliphatic carbocycles. The fourth-order valence-electron chi connectivity index (χ4n) is 2.14. The zero-order valence-corrected chi connectivity index (χ0v) is 11.5. The van der Waals surface area contributed by atoms with Crippen LogP contribution in [0.4, 0.5) is 4.39 Å². The van der Waals surface area contributed by atoms with Crippen LogP contribution in [0.3, 0.4) is 0 Å². The Kier molecular flexibility index (Phi) is 4.45. The van der Waals surface area contributed by atoms with E-state index in [1.54, 1.807) is 6.92 Å². The zero-order valence-electron chi connectivity index (χ0n) is 11.5. The zero-order chi connectivity index (χ0) is 15.4. The molecule has 1 N–H and O–H groups in total. The Bertz CT molecular complexity index is 745. The van der Waals surface area contributed by atoms with Crippen molar-refractivity contribution < 1.29 is 9.50 Å². The minimum absolute atomic E-state index is 0.156. The van der Waals surface area contributed by atoms with Gasteiger partial charge in [0.05, 0.1) is 6.07 Å². The fourth-order valence-corrected chi connectivity index (χ4v) is 2.14. The van der Waals surface area contributed by atoms with E-state index in [1.165, 1.54) is 28.8 Å². The molecule has 2 rings (SSSR count). The molecule has 0 bridgehead atoms. The third-order valence-electron chi connectivity index (χ3n) is 3.16. The summed E-state index contributed by atoms with van der Waals surface area (Å²) in [4.78, 5) is 16.8. The van der Waals surface area contributed by atoms with E-state index in [1.807, 2.05) is 6.07 Å². The molecule has 0 fully saturated rings. The summed E-state index contributed by atoms with van der Waals surface area (Å²) in [5.74, 6) is -0.0673. The summed E-state index contributed by atoms with van der Waals surface area (Å²) in [5.41, 5.74) is 1.10. The number of nitrogens with zero attached hydrogens (tertiary/aromatic N) is 3. The smallest absolute Gasteiger partial charge is 0.258 e. The Morgan fingerprint density at radius 2 is 2.05 bits per heavy atom. The quantitative estimate of drug-likeness (QED) is 0.922. The predicted octanol–water partition coefficient (Wildman–Crippen LogP) is 1.42. The SMILES string of the molecule is Cc1nc(-c2ccc(F)cc2)n(CC#N)c(=O)c1CCO. The van der Waals surface area contributed by atoms with Gasteiger partial charge in [-0.25, -0.2) is 9.37 Å². The van der Waals surface area contributed by atoms with E-state index in [0.717, 1.165) is 0 Å². The summed E-state index contributed by atoms with van der Waals surface area (Å²) >= 11 is 0. The van der Waals surface area contributed by atoms with E-state index < -0.39 is 0 Å². The predicted molar refractivity (Wildman–Crippen MR) is 75.0 cm³/mol. The molecule has 0 amide bonds. The first-order valence-corrected chi connectivity index (χ1v) is 6.42. The van der Waals surface area contributed by atoms with E-state index in [9.17, 15) is 9.18 Å². The van der Waals surface area contributed by atoms with Gasteiger partial charge in [0.2, 0.25) is 0 Å². The maximum atomic E-state index is 13.0. The van der Waals surface area contributed by atoms with Crippen molar-refractivity contribution in [3.05, 3.63) is 51.7 Å². The van der Waals surface area contributed by atoms with Crippen molar-refractivity contribution in [2.24, 2.45) is 0 Å². The van der Waals surface area contributed by atoms with Crippen LogP contribution in [0.25, 0.3) is 11.4 Å². The third kappa shape index (κ3) is 2.98. The summed E-state index contributed by atoms with van der Waals surface area (Å²) in [5, 5.41) is 17.9. The molecule has 2 aromatic rings. The molecule has 0 atom stereocenters. The lowest BCUT2D eigenvalue weighted by atomic mass is 10.1. The van der Waals surface area contributed by atoms with Crippen LogP contribution in [-0.2, 0) is 13.0 Å². The molecule has 0 radical (unpaired) electrons. The molecule has 0 unspecified atom stereocenters. The van der Waals surface area contributed by atoms with Gasteiger partial charge < -0.3 is 5.11 Å². The Balaban J connectivity index is 2.68. The molecular weight excluding hydrogens is 273 g/mol. The topological polar surface area (TPSA) is 78.9 Å². The summed E-state index contributed by atoms with van der Waals surface area (Å²) in [6, 6.07) is 7.49. The number of aliphatic hydroxyl groups is 1. The van der Waals surface area contributed by atoms with Gasteiger partial charge in [-0.3, -0.25) is 9.36 Å². The standard InChI is InChI=1S/C15H14FN3O2/c1-10-13(6-9-20)15(21)19(8-7-17)14(18-10)11-2-4-12(16)5-3-11/h2-5,20H,6,8-9H2,1H3. The second-order valence-corrected chi connectivity index (χ2v) is 4.53. The lowest BCUT2D eigenvalue weighted by molar-refractivity contribution is 0.298. The van der Waals surface area contributed by atoms with Crippen LogP contribution in [0.5, 0.6) is 0 Å². The summed E-state index contributed by atoms with van der Waals surface area (Å²) in [6.07, 6.45) is 0.187. The third-order valence-corrected chi connectivity index (χ3v) is 3.16. The Morgan fingerprint density at radius 1 is 1.38 bits per heavy atom. The van der Waals surface area contributed by atoms with Crippen LogP contribution in [-0.4, -0.2) is 21.3 Å². The maximum absolute atomic E-state index is 13.0. The van der Waals surface area contributed by atoms with Crippen molar-refractivity contribution in [3.8, 4) is 17.5 Å². The lowest BCUT2D eigenvalue weighted by Gasteiger charge is -2.13. The van der Waals surface area contributed by atoms with Crippen molar-refractivity contribution in [2.75, 3.05) is 6.61 Å². The first kappa shape index (κ1) is 14.9. The van der Waals surface area contributed by atoms with Crippen LogP contribution in [0.15, 0.2) is 29.1 Å². The van der Waals surface area contributed by atoms with Gasteiger partial charge in [-0.2, -0.15) is 5.26 Å². The molecule has 0 saturated heterocycles. The first-order valence-electron chi connectivity index (χ1n) is 6.42. The van der Waals surface area contributed by atoms with Gasteiger partial charge in [0.1, 0.15) is 18.2 Å². The second kappa shape index (κ2) is 6.29. The van der Waals surface area contributed by atoms with Crippen LogP contribution in [0.2, 0.25) is 0 Å². The monoisotopic (exact) mass is 287 g/mol. The van der Waals surface area contributed by atoms with Gasteiger partial charge in [0.15, 0.2) is 0 Å². The number of aromatic nitrogens is 2. The fraction of sp³-hybridized carbons (Fsp3) is 0.267. The van der Waals surface area contributed by atoms with E-state index >= 15 is 0 Å². The van der Waals surface area contributed by atoms with Crippen LogP contribution in [0, 0.1) is 24.1 Å². The van der Waals surface area contributed by atoms with E-state index in [-0.39, 0.29) is 30.9 Å². The number of aryl methyl sites for hydroxylation is 1. The van der Waals surface area contributed by atoms with Gasteiger partial charge in [-0.05, 0) is 31.2 Å². The molecule has 0 aliphatic heterocycles. The van der Waals surface area contributed by atoms with Gasteiger partial charge in [-0.1, -0.05) is 0 Å². The van der Waals surface area contributed by atoms with Crippen molar-refractivity contribution in [3.63, 3.8) is 0 Å². The lowest BCUT2D eigenvalue weighted by Crippen LogP contribution is -2.28. The normalized spacial score (nSPS) is 10.4. The molecule has 1 aromatic heterocycles. The minimum Gasteiger partial charge on any atom is -0.396 e. The summed E-state index contributed by atoms with van der Waals surface area (Å²) < 4.78 is 14.2. The number of hydrogen-bond donors (Lipinski definition) is 1. The first-order chi connectivity index (χ1) is 10.1. The van der Waals surface area contributed by atoms with E-state index in [4.69, 9.17) is 10.4 Å². The van der Waals surface area contributed by atoms with Crippen molar-refractivity contribution in [2.45, 2.75) is 19.9 Å². The minimum atomic E-state index is -0.387. The average Bonchev–Trinajstić information content (AvgIpc) is 2.47. The molecule has 108 valence electrons. The van der Waals surface area contributed by atoms with E-state index in [0.29, 0.717) is 22.6 Å². The number of rotatable bonds is 4. The molecule has 0 saturated carbocycles. The number of halogens is 1. The highest BCUT2D eigenvalue weighted by atomic mass is 19.1. The Hall–Kier alpha value is -2.52. The Morgan fingerprint density at radius 3 is 2.62 bits per heavy atom. The van der Waals surface area contributed by atoms with Crippen molar-refractivity contribution in [1.29, 1.82) is 5.26 Å². The van der Waals surface area contributed by atoms with Crippen molar-refractivity contribution in [1.82, 2.24) is 9.55 Å². The van der Waals surface area contributed by atoms with Crippen LogP contribution < -0.4 is 5.56 Å². The highest BCUT2D eigenvalue weighted by Gasteiger charge is 2.15. The second-order valence-electron chi connectivity index (χ2n) is 4.53. The van der Waals surface area contributed by atoms with Gasteiger partial charge >= 0.3 is 0 Å². The van der Waals surface area contributed by atoms with Gasteiger partial charge in [0, 0.05) is 29.8 Å². The molecule has 6 heteroatoms. The molecule has 21 heavy (non-hydrogen) atoms. The van der Waals surface area contributed by atoms with Crippen molar-refractivity contribution >= 4 is 0 Å². The van der Waals surface area contributed by atoms with Gasteiger partial charge in [0.25, 0.3) is 5.56 Å². The largest absolute Gasteiger partial charge is 0.396 e. The average molecular weight is 287 g/mol. The number of hydrogen-bond acceptors (Lipinski definition) is 4. The molecule has 0 spiro atoms. The number of aliphatic hydroxyl groups excluding tert-OH is 1. The highest BCUT2D eigenvalue weighted by Crippen LogP contribution is 2.18. The maximum Gasteiger partial charge on any atom is 0.258 e. The molecule has 0 aliphatic rings. The highest BCUT2D eigenvalue weighted by molar-refractivity contribution is 5.56. The number of benzene rings is 1. The van der Waals surface area contributed by atoms with Crippen LogP contribution in [0.1, 0.15) is 11.3 Å². The molecular formula is C15H14FN3O2. The van der Waals surface area contributed by atoms with E-state index in [2.05, 4.69) is 4.98 Å².